The molecule has 1 N–H and O–H groups in total. The second-order valence-electron chi connectivity index (χ2n) is 5.16. The van der Waals surface area contributed by atoms with Crippen LogP contribution in [0.4, 0.5) is 0 Å². The van der Waals surface area contributed by atoms with E-state index in [1.807, 2.05) is 24.3 Å². The predicted octanol–water partition coefficient (Wildman–Crippen LogP) is 2.59. The lowest BCUT2D eigenvalue weighted by molar-refractivity contribution is 0.0941. The van der Waals surface area contributed by atoms with Crippen molar-refractivity contribution in [3.63, 3.8) is 0 Å². The third-order valence-electron chi connectivity index (χ3n) is 3.41. The van der Waals surface area contributed by atoms with Crippen molar-refractivity contribution in [2.75, 3.05) is 7.11 Å². The van der Waals surface area contributed by atoms with Gasteiger partial charge in [0.2, 0.25) is 0 Å². The van der Waals surface area contributed by atoms with E-state index >= 15 is 0 Å². The lowest BCUT2D eigenvalue weighted by Crippen LogP contribution is -2.23. The number of ether oxygens (including phenoxy) is 2. The number of carbonyl (C=O) groups excluding carboxylic acids is 1. The third-order valence-corrected chi connectivity index (χ3v) is 3.41. The minimum Gasteiger partial charge on any atom is -0.493 e. The van der Waals surface area contributed by atoms with Crippen molar-refractivity contribution in [1.82, 2.24) is 15.5 Å². The van der Waals surface area contributed by atoms with E-state index in [0.717, 1.165) is 5.56 Å². The van der Waals surface area contributed by atoms with E-state index < -0.39 is 0 Å². The van der Waals surface area contributed by atoms with Crippen LogP contribution in [-0.2, 0) is 13.2 Å². The zero-order valence-corrected chi connectivity index (χ0v) is 13.6. The lowest BCUT2D eigenvalue weighted by atomic mass is 10.3. The van der Waals surface area contributed by atoms with Crippen LogP contribution in [0.2, 0.25) is 0 Å². The van der Waals surface area contributed by atoms with Crippen molar-refractivity contribution >= 4 is 5.91 Å². The fraction of sp³-hybridized carbons (Fsp3) is 0.167. The van der Waals surface area contributed by atoms with E-state index in [9.17, 15) is 4.79 Å². The van der Waals surface area contributed by atoms with Gasteiger partial charge in [-0.15, -0.1) is 0 Å². The van der Waals surface area contributed by atoms with Gasteiger partial charge in [-0.1, -0.05) is 23.4 Å². The van der Waals surface area contributed by atoms with Gasteiger partial charge in [-0.2, -0.15) is 0 Å². The van der Waals surface area contributed by atoms with Gasteiger partial charge in [0.1, 0.15) is 6.61 Å². The Morgan fingerprint density at radius 1 is 1.20 bits per heavy atom. The molecule has 0 fully saturated rings. The molecule has 0 aliphatic carbocycles. The number of carbonyl (C=O) groups is 1. The Morgan fingerprint density at radius 3 is 2.80 bits per heavy atom. The van der Waals surface area contributed by atoms with Gasteiger partial charge in [-0.05, 0) is 23.8 Å². The summed E-state index contributed by atoms with van der Waals surface area (Å²) in [5.74, 6) is 1.33. The van der Waals surface area contributed by atoms with Crippen molar-refractivity contribution in [2.45, 2.75) is 13.2 Å². The first-order valence-electron chi connectivity index (χ1n) is 7.65. The number of hydrogen-bond acceptors (Lipinski definition) is 6. The molecule has 0 spiro atoms. The number of para-hydroxylation sites is 2. The van der Waals surface area contributed by atoms with Crippen LogP contribution in [0.25, 0.3) is 0 Å². The van der Waals surface area contributed by atoms with Crippen molar-refractivity contribution < 1.29 is 18.8 Å². The second kappa shape index (κ2) is 7.96. The maximum absolute atomic E-state index is 12.1. The largest absolute Gasteiger partial charge is 0.493 e. The summed E-state index contributed by atoms with van der Waals surface area (Å²) in [7, 11) is 1.57. The van der Waals surface area contributed by atoms with E-state index in [2.05, 4.69) is 15.5 Å². The molecule has 2 aromatic heterocycles. The standard InChI is InChI=1S/C18H17N3O4/c1-23-16-6-2-3-7-17(16)24-12-14-9-15(21-25-14)18(22)20-11-13-5-4-8-19-10-13/h2-10H,11-12H2,1H3,(H,20,22). The molecule has 0 saturated carbocycles. The van der Waals surface area contributed by atoms with Gasteiger partial charge in [0.25, 0.3) is 5.91 Å². The van der Waals surface area contributed by atoms with E-state index in [1.165, 1.54) is 0 Å². The van der Waals surface area contributed by atoms with Gasteiger partial charge in [-0.3, -0.25) is 9.78 Å². The molecule has 7 heteroatoms. The van der Waals surface area contributed by atoms with Gasteiger partial charge >= 0.3 is 0 Å². The molecule has 128 valence electrons. The number of amides is 1. The summed E-state index contributed by atoms with van der Waals surface area (Å²) in [5.41, 5.74) is 1.10. The minimum atomic E-state index is -0.323. The highest BCUT2D eigenvalue weighted by Gasteiger charge is 2.13. The maximum Gasteiger partial charge on any atom is 0.273 e. The molecular formula is C18H17N3O4. The Labute approximate surface area is 144 Å². The molecule has 0 unspecified atom stereocenters. The zero-order chi connectivity index (χ0) is 17.5. The number of nitrogens with one attached hydrogen (secondary N) is 1. The summed E-state index contributed by atoms with van der Waals surface area (Å²) in [4.78, 5) is 16.1. The first-order valence-corrected chi connectivity index (χ1v) is 7.65. The summed E-state index contributed by atoms with van der Waals surface area (Å²) in [6.07, 6.45) is 3.37. The smallest absolute Gasteiger partial charge is 0.273 e. The Balaban J connectivity index is 1.55. The molecule has 25 heavy (non-hydrogen) atoms. The average molecular weight is 339 g/mol. The molecule has 0 atom stereocenters. The number of methoxy groups -OCH3 is 1. The summed E-state index contributed by atoms with van der Waals surface area (Å²) >= 11 is 0. The van der Waals surface area contributed by atoms with E-state index in [0.29, 0.717) is 23.8 Å². The molecule has 0 aliphatic rings. The topological polar surface area (TPSA) is 86.5 Å². The Bertz CT molecular complexity index is 833. The van der Waals surface area contributed by atoms with Gasteiger partial charge in [0.15, 0.2) is 23.0 Å². The van der Waals surface area contributed by atoms with Gasteiger partial charge in [0, 0.05) is 25.0 Å². The number of benzene rings is 1. The lowest BCUT2D eigenvalue weighted by Gasteiger charge is -2.08. The van der Waals surface area contributed by atoms with Crippen LogP contribution in [0.5, 0.6) is 11.5 Å². The van der Waals surface area contributed by atoms with Crippen LogP contribution >= 0.6 is 0 Å². The van der Waals surface area contributed by atoms with Crippen LogP contribution in [-0.4, -0.2) is 23.2 Å². The van der Waals surface area contributed by atoms with Crippen molar-refractivity contribution in [3.05, 3.63) is 71.9 Å². The minimum absolute atomic E-state index is 0.142. The molecule has 0 bridgehead atoms. The predicted molar refractivity (Wildman–Crippen MR) is 89.2 cm³/mol. The maximum atomic E-state index is 12.1. The van der Waals surface area contributed by atoms with Crippen molar-refractivity contribution in [1.29, 1.82) is 0 Å². The Hall–Kier alpha value is -3.35. The number of hydrogen-bond donors (Lipinski definition) is 1. The van der Waals surface area contributed by atoms with E-state index in [-0.39, 0.29) is 18.2 Å². The molecule has 1 aromatic carbocycles. The number of aromatic nitrogens is 2. The number of rotatable bonds is 7. The highest BCUT2D eigenvalue weighted by Crippen LogP contribution is 2.26. The van der Waals surface area contributed by atoms with Crippen molar-refractivity contribution in [2.24, 2.45) is 0 Å². The Kier molecular flexibility index (Phi) is 5.26. The molecule has 1 amide bonds. The van der Waals surface area contributed by atoms with Gasteiger partial charge < -0.3 is 19.3 Å². The molecule has 3 rings (SSSR count). The second-order valence-corrected chi connectivity index (χ2v) is 5.16. The molecule has 7 nitrogen and oxygen atoms in total. The van der Waals surface area contributed by atoms with E-state index in [4.69, 9.17) is 14.0 Å². The summed E-state index contributed by atoms with van der Waals surface area (Å²) in [6.45, 7) is 0.510. The molecule has 0 radical (unpaired) electrons. The van der Waals surface area contributed by atoms with Crippen LogP contribution in [0.1, 0.15) is 21.8 Å². The summed E-state index contributed by atoms with van der Waals surface area (Å²) < 4.78 is 16.0. The van der Waals surface area contributed by atoms with Gasteiger partial charge in [-0.25, -0.2) is 0 Å². The van der Waals surface area contributed by atoms with Crippen LogP contribution in [0.3, 0.4) is 0 Å². The molecular weight excluding hydrogens is 322 g/mol. The van der Waals surface area contributed by atoms with Crippen LogP contribution in [0, 0.1) is 0 Å². The first-order chi connectivity index (χ1) is 12.3. The summed E-state index contributed by atoms with van der Waals surface area (Å²) in [5, 5.41) is 6.53. The monoisotopic (exact) mass is 339 g/mol. The molecule has 2 heterocycles. The van der Waals surface area contributed by atoms with Gasteiger partial charge in [0.05, 0.1) is 7.11 Å². The molecule has 3 aromatic rings. The highest BCUT2D eigenvalue weighted by atomic mass is 16.5. The summed E-state index contributed by atoms with van der Waals surface area (Å²) in [6, 6.07) is 12.5. The van der Waals surface area contributed by atoms with Crippen LogP contribution in [0.15, 0.2) is 59.4 Å². The SMILES string of the molecule is COc1ccccc1OCc1cc(C(=O)NCc2cccnc2)no1. The average Bonchev–Trinajstić information content (AvgIpc) is 3.14. The fourth-order valence-corrected chi connectivity index (χ4v) is 2.15. The third kappa shape index (κ3) is 4.35. The fourth-order valence-electron chi connectivity index (χ4n) is 2.15. The first kappa shape index (κ1) is 16.5. The van der Waals surface area contributed by atoms with Crippen molar-refractivity contribution in [3.8, 4) is 11.5 Å². The normalized spacial score (nSPS) is 10.3. The van der Waals surface area contributed by atoms with Crippen LogP contribution < -0.4 is 14.8 Å². The Morgan fingerprint density at radius 2 is 2.04 bits per heavy atom. The molecule has 0 saturated heterocycles. The highest BCUT2D eigenvalue weighted by molar-refractivity contribution is 5.92. The quantitative estimate of drug-likeness (QED) is 0.712. The zero-order valence-electron chi connectivity index (χ0n) is 13.6. The number of nitrogens with zero attached hydrogens (tertiary/aromatic N) is 2. The van der Waals surface area contributed by atoms with E-state index in [1.54, 1.807) is 37.7 Å². The molecule has 0 aliphatic heterocycles. The number of pyridine rings is 1.